The topological polar surface area (TPSA) is 114 Å². The highest BCUT2D eigenvalue weighted by Crippen LogP contribution is 2.27. The van der Waals surface area contributed by atoms with Gasteiger partial charge in [0, 0.05) is 45.6 Å². The zero-order valence-corrected chi connectivity index (χ0v) is 15.6. The van der Waals surface area contributed by atoms with Crippen molar-refractivity contribution < 1.29 is 22.7 Å². The summed E-state index contributed by atoms with van der Waals surface area (Å²) >= 11 is 0. The number of anilines is 1. The second-order valence-corrected chi connectivity index (χ2v) is 8.78. The second kappa shape index (κ2) is 7.33. The summed E-state index contributed by atoms with van der Waals surface area (Å²) in [5.74, 6) is -0.167. The first-order chi connectivity index (χ1) is 12.3. The summed E-state index contributed by atoms with van der Waals surface area (Å²) in [5.41, 5.74) is 0. The number of hydrogen-bond donors (Lipinski definition) is 1. The average Bonchev–Trinajstić information content (AvgIpc) is 3.09. The van der Waals surface area contributed by atoms with Gasteiger partial charge in [0.05, 0.1) is 24.1 Å². The van der Waals surface area contributed by atoms with Crippen LogP contribution in [0, 0.1) is 0 Å². The molecule has 0 aromatic carbocycles. The molecule has 2 aliphatic heterocycles. The van der Waals surface area contributed by atoms with Gasteiger partial charge < -0.3 is 15.0 Å². The zero-order valence-electron chi connectivity index (χ0n) is 14.8. The molecule has 0 saturated carbocycles. The third-order valence-electron chi connectivity index (χ3n) is 4.71. The lowest BCUT2D eigenvalue weighted by Gasteiger charge is -2.43. The van der Waals surface area contributed by atoms with Gasteiger partial charge in [0.25, 0.3) is 0 Å². The summed E-state index contributed by atoms with van der Waals surface area (Å²) in [6, 6.07) is 0.852. The highest BCUT2D eigenvalue weighted by Gasteiger charge is 2.48. The molecule has 0 bridgehead atoms. The number of amides is 2. The van der Waals surface area contributed by atoms with Crippen molar-refractivity contribution in [2.75, 3.05) is 50.2 Å². The van der Waals surface area contributed by atoms with E-state index >= 15 is 0 Å². The Morgan fingerprint density at radius 2 is 2.04 bits per heavy atom. The Kier molecular flexibility index (Phi) is 5.30. The lowest BCUT2D eigenvalue weighted by atomic mass is 10.0. The third kappa shape index (κ3) is 4.05. The van der Waals surface area contributed by atoms with Crippen LogP contribution in [0.3, 0.4) is 0 Å². The Labute approximate surface area is 152 Å². The van der Waals surface area contributed by atoms with Gasteiger partial charge in [-0.25, -0.2) is 8.42 Å². The van der Waals surface area contributed by atoms with Crippen LogP contribution in [-0.2, 0) is 31.2 Å². The minimum Gasteiger partial charge on any atom is -0.375 e. The normalized spacial score (nSPS) is 25.1. The fourth-order valence-corrected chi connectivity index (χ4v) is 5.60. The second-order valence-electron chi connectivity index (χ2n) is 6.63. The summed E-state index contributed by atoms with van der Waals surface area (Å²) < 4.78 is 30.7. The molecule has 144 valence electrons. The van der Waals surface area contributed by atoms with Crippen LogP contribution in [0.2, 0.25) is 0 Å². The van der Waals surface area contributed by atoms with Crippen LogP contribution < -0.4 is 5.32 Å². The van der Waals surface area contributed by atoms with Crippen molar-refractivity contribution in [1.82, 2.24) is 19.6 Å². The Bertz CT molecular complexity index is 792. The number of rotatable bonds is 5. The molecule has 26 heavy (non-hydrogen) atoms. The van der Waals surface area contributed by atoms with Gasteiger partial charge in [-0.15, -0.1) is 0 Å². The highest BCUT2D eigenvalue weighted by molar-refractivity contribution is 7.91. The quantitative estimate of drug-likeness (QED) is 0.644. The van der Waals surface area contributed by atoms with E-state index in [0.29, 0.717) is 18.9 Å². The first-order valence-electron chi connectivity index (χ1n) is 8.31. The minimum absolute atomic E-state index is 0.0503. The van der Waals surface area contributed by atoms with Crippen molar-refractivity contribution in [2.45, 2.75) is 12.1 Å². The summed E-state index contributed by atoms with van der Waals surface area (Å²) in [6.07, 6.45) is 1.72. The number of methoxy groups -OCH3 is 1. The molecule has 0 aliphatic carbocycles. The van der Waals surface area contributed by atoms with E-state index in [1.165, 1.54) is 7.11 Å². The molecule has 2 amide bonds. The van der Waals surface area contributed by atoms with E-state index in [1.807, 2.05) is 4.90 Å². The number of sulfone groups is 1. The number of aryl methyl sites for hydroxylation is 1. The fourth-order valence-electron chi connectivity index (χ4n) is 3.59. The lowest BCUT2D eigenvalue weighted by Crippen LogP contribution is -2.62. The average molecular weight is 385 g/mol. The molecule has 1 aromatic heterocycles. The molecular formula is C15H23N5O5S. The Hall–Kier alpha value is -1.98. The molecule has 2 saturated heterocycles. The number of nitrogens with zero attached hydrogens (tertiary/aromatic N) is 4. The monoisotopic (exact) mass is 385 g/mol. The molecule has 11 heteroatoms. The van der Waals surface area contributed by atoms with Crippen LogP contribution in [0.5, 0.6) is 0 Å². The van der Waals surface area contributed by atoms with Gasteiger partial charge in [0.1, 0.15) is 6.61 Å². The van der Waals surface area contributed by atoms with Crippen LogP contribution in [-0.4, -0.2) is 96.8 Å². The summed E-state index contributed by atoms with van der Waals surface area (Å²) in [5, 5.41) is 6.79. The van der Waals surface area contributed by atoms with E-state index in [1.54, 1.807) is 28.9 Å². The molecule has 10 nitrogen and oxygen atoms in total. The largest absolute Gasteiger partial charge is 0.375 e. The first-order valence-corrected chi connectivity index (χ1v) is 10.1. The number of ether oxygens (including phenoxy) is 1. The summed E-state index contributed by atoms with van der Waals surface area (Å²) in [4.78, 5) is 27.9. The van der Waals surface area contributed by atoms with Gasteiger partial charge >= 0.3 is 0 Å². The summed E-state index contributed by atoms with van der Waals surface area (Å²) in [6.45, 7) is 0.778. The number of aromatic nitrogens is 2. The highest BCUT2D eigenvalue weighted by atomic mass is 32.2. The molecule has 3 heterocycles. The summed E-state index contributed by atoms with van der Waals surface area (Å²) in [7, 11) is -0.0788. The van der Waals surface area contributed by atoms with Gasteiger partial charge in [0.2, 0.25) is 11.8 Å². The van der Waals surface area contributed by atoms with Crippen molar-refractivity contribution in [3.63, 3.8) is 0 Å². The molecule has 0 spiro atoms. The number of carbonyl (C=O) groups is 2. The predicted molar refractivity (Wildman–Crippen MR) is 93.2 cm³/mol. The molecule has 1 N–H and O–H groups in total. The zero-order chi connectivity index (χ0) is 18.9. The van der Waals surface area contributed by atoms with Gasteiger partial charge in [-0.05, 0) is 0 Å². The van der Waals surface area contributed by atoms with Crippen molar-refractivity contribution in [3.05, 3.63) is 12.3 Å². The molecule has 2 aliphatic rings. The van der Waals surface area contributed by atoms with E-state index in [4.69, 9.17) is 4.74 Å². The van der Waals surface area contributed by atoms with Crippen LogP contribution in [0.15, 0.2) is 12.3 Å². The maximum absolute atomic E-state index is 12.3. The number of nitrogens with one attached hydrogen (secondary N) is 1. The van der Waals surface area contributed by atoms with E-state index < -0.39 is 15.9 Å². The van der Waals surface area contributed by atoms with Gasteiger partial charge in [-0.1, -0.05) is 0 Å². The SMILES string of the molecule is COCC(=O)N1CCN(CC(=O)Nc2ccn(C)n2)[C@H]2CS(=O)(=O)C[C@H]21. The smallest absolute Gasteiger partial charge is 0.248 e. The third-order valence-corrected chi connectivity index (χ3v) is 6.41. The Balaban J connectivity index is 1.69. The predicted octanol–water partition coefficient (Wildman–Crippen LogP) is -1.69. The number of hydrogen-bond acceptors (Lipinski definition) is 7. The number of carbonyl (C=O) groups excluding carboxylic acids is 2. The van der Waals surface area contributed by atoms with Crippen molar-refractivity contribution in [3.8, 4) is 0 Å². The molecule has 0 radical (unpaired) electrons. The first kappa shape index (κ1) is 18.8. The molecule has 2 fully saturated rings. The maximum atomic E-state index is 12.3. The van der Waals surface area contributed by atoms with Crippen molar-refractivity contribution in [1.29, 1.82) is 0 Å². The van der Waals surface area contributed by atoms with E-state index in [0.717, 1.165) is 0 Å². The Morgan fingerprint density at radius 1 is 1.31 bits per heavy atom. The maximum Gasteiger partial charge on any atom is 0.248 e. The van der Waals surface area contributed by atoms with Crippen LogP contribution >= 0.6 is 0 Å². The van der Waals surface area contributed by atoms with Crippen LogP contribution in [0.1, 0.15) is 0 Å². The molecular weight excluding hydrogens is 362 g/mol. The van der Waals surface area contributed by atoms with E-state index in [2.05, 4.69) is 10.4 Å². The van der Waals surface area contributed by atoms with Gasteiger partial charge in [-0.2, -0.15) is 5.10 Å². The van der Waals surface area contributed by atoms with Gasteiger partial charge in [-0.3, -0.25) is 19.2 Å². The fraction of sp³-hybridized carbons (Fsp3) is 0.667. The minimum atomic E-state index is -3.26. The molecule has 0 unspecified atom stereocenters. The molecule has 3 rings (SSSR count). The van der Waals surface area contributed by atoms with Crippen LogP contribution in [0.25, 0.3) is 0 Å². The van der Waals surface area contributed by atoms with Crippen molar-refractivity contribution in [2.24, 2.45) is 7.05 Å². The van der Waals surface area contributed by atoms with Crippen LogP contribution in [0.4, 0.5) is 5.82 Å². The lowest BCUT2D eigenvalue weighted by molar-refractivity contribution is -0.141. The van der Waals surface area contributed by atoms with Crippen molar-refractivity contribution >= 4 is 27.5 Å². The van der Waals surface area contributed by atoms with Gasteiger partial charge in [0.15, 0.2) is 15.7 Å². The molecule has 2 atom stereocenters. The Morgan fingerprint density at radius 3 is 2.69 bits per heavy atom. The van der Waals surface area contributed by atoms with E-state index in [-0.39, 0.29) is 42.5 Å². The van der Waals surface area contributed by atoms with E-state index in [9.17, 15) is 18.0 Å². The standard InChI is InChI=1S/C15H23N5O5S/c1-18-4-3-13(17-18)16-14(21)7-19-5-6-20(15(22)8-25-2)12-10-26(23,24)9-11(12)19/h3-4,11-12H,5-10H2,1-2H3,(H,16,17,21)/t11-,12+/m0/s1. The number of fused-ring (bicyclic) bond motifs is 1. The molecule has 1 aromatic rings. The number of piperazine rings is 1.